The van der Waals surface area contributed by atoms with Crippen molar-refractivity contribution in [2.75, 3.05) is 0 Å². The smallest absolute Gasteiger partial charge is 0.126 e. The van der Waals surface area contributed by atoms with E-state index in [0.29, 0.717) is 17.5 Å². The first-order valence-corrected chi connectivity index (χ1v) is 5.74. The van der Waals surface area contributed by atoms with Gasteiger partial charge in [0.1, 0.15) is 11.6 Å². The van der Waals surface area contributed by atoms with Crippen molar-refractivity contribution in [1.29, 1.82) is 0 Å². The predicted molar refractivity (Wildman–Crippen MR) is 62.9 cm³/mol. The van der Waals surface area contributed by atoms with Gasteiger partial charge < -0.3 is 5.11 Å². The van der Waals surface area contributed by atoms with E-state index in [2.05, 4.69) is 5.10 Å². The Morgan fingerprint density at radius 2 is 1.94 bits per heavy atom. The molecule has 5 heteroatoms. The number of aliphatic hydroxyl groups is 1. The molecule has 0 amide bonds. The van der Waals surface area contributed by atoms with Crippen LogP contribution in [0.2, 0.25) is 0 Å². The summed E-state index contributed by atoms with van der Waals surface area (Å²) in [6, 6.07) is 3.36. The number of benzene rings is 1. The van der Waals surface area contributed by atoms with Crippen molar-refractivity contribution in [1.82, 2.24) is 9.78 Å². The van der Waals surface area contributed by atoms with Crippen molar-refractivity contribution < 1.29 is 13.9 Å². The van der Waals surface area contributed by atoms with Gasteiger partial charge in [-0.15, -0.1) is 0 Å². The van der Waals surface area contributed by atoms with E-state index in [-0.39, 0.29) is 6.54 Å². The molecule has 0 aliphatic heterocycles. The highest BCUT2D eigenvalue weighted by Gasteiger charge is 2.08. The lowest BCUT2D eigenvalue weighted by Gasteiger charge is -2.04. The van der Waals surface area contributed by atoms with Crippen LogP contribution in [0.5, 0.6) is 0 Å². The quantitative estimate of drug-likeness (QED) is 0.908. The van der Waals surface area contributed by atoms with Gasteiger partial charge in [0.2, 0.25) is 0 Å². The molecule has 0 radical (unpaired) electrons. The van der Waals surface area contributed by atoms with E-state index in [4.69, 9.17) is 0 Å². The molecule has 0 fully saturated rings. The lowest BCUT2D eigenvalue weighted by Crippen LogP contribution is -2.01. The van der Waals surface area contributed by atoms with Crippen LogP contribution in [0.1, 0.15) is 30.6 Å². The molecular formula is C13H14F2N2O. The summed E-state index contributed by atoms with van der Waals surface area (Å²) in [6.45, 7) is 2.13. The maximum Gasteiger partial charge on any atom is 0.126 e. The molecule has 2 rings (SSSR count). The van der Waals surface area contributed by atoms with E-state index in [0.717, 1.165) is 6.07 Å². The standard InChI is InChI=1S/C13H14F2N2O/c1-2-13(18)10-6-16-17(8-10)7-9-3-11(14)5-12(15)4-9/h3-6,8,13,18H,2,7H2,1H3. The number of nitrogens with zero attached hydrogens (tertiary/aromatic N) is 2. The summed E-state index contributed by atoms with van der Waals surface area (Å²) in [5.74, 6) is -1.21. The van der Waals surface area contributed by atoms with Gasteiger partial charge in [-0.2, -0.15) is 5.10 Å². The van der Waals surface area contributed by atoms with Crippen molar-refractivity contribution in [3.63, 3.8) is 0 Å². The van der Waals surface area contributed by atoms with Crippen molar-refractivity contribution in [3.8, 4) is 0 Å². The van der Waals surface area contributed by atoms with Crippen molar-refractivity contribution in [2.24, 2.45) is 0 Å². The Balaban J connectivity index is 2.16. The first-order chi connectivity index (χ1) is 8.58. The molecular weight excluding hydrogens is 238 g/mol. The topological polar surface area (TPSA) is 38.1 Å². The summed E-state index contributed by atoms with van der Waals surface area (Å²) in [7, 11) is 0. The molecule has 1 N–H and O–H groups in total. The monoisotopic (exact) mass is 252 g/mol. The molecule has 1 aromatic heterocycles. The van der Waals surface area contributed by atoms with Crippen LogP contribution in [-0.4, -0.2) is 14.9 Å². The van der Waals surface area contributed by atoms with Crippen LogP contribution in [0.3, 0.4) is 0 Å². The first kappa shape index (κ1) is 12.7. The summed E-state index contributed by atoms with van der Waals surface area (Å²) >= 11 is 0. The second-order valence-electron chi connectivity index (χ2n) is 4.17. The Kier molecular flexibility index (Phi) is 3.72. The van der Waals surface area contributed by atoms with Crippen LogP contribution in [0, 0.1) is 11.6 Å². The highest BCUT2D eigenvalue weighted by Crippen LogP contribution is 2.16. The Morgan fingerprint density at radius 3 is 2.56 bits per heavy atom. The third-order valence-corrected chi connectivity index (χ3v) is 2.69. The zero-order valence-corrected chi connectivity index (χ0v) is 9.98. The van der Waals surface area contributed by atoms with E-state index in [1.165, 1.54) is 12.1 Å². The van der Waals surface area contributed by atoms with E-state index < -0.39 is 17.7 Å². The molecule has 18 heavy (non-hydrogen) atoms. The normalized spacial score (nSPS) is 12.7. The number of halogens is 2. The molecule has 0 bridgehead atoms. The zero-order valence-electron chi connectivity index (χ0n) is 9.98. The minimum absolute atomic E-state index is 0.269. The highest BCUT2D eigenvalue weighted by atomic mass is 19.1. The van der Waals surface area contributed by atoms with Crippen molar-refractivity contribution in [3.05, 3.63) is 53.4 Å². The van der Waals surface area contributed by atoms with Gasteiger partial charge >= 0.3 is 0 Å². The molecule has 1 aromatic carbocycles. The predicted octanol–water partition coefficient (Wildman–Crippen LogP) is 2.65. The molecule has 0 spiro atoms. The van der Waals surface area contributed by atoms with Gasteiger partial charge in [-0.25, -0.2) is 8.78 Å². The van der Waals surface area contributed by atoms with Crippen LogP contribution in [0.25, 0.3) is 0 Å². The third kappa shape index (κ3) is 2.92. The maximum absolute atomic E-state index is 13.0. The summed E-state index contributed by atoms with van der Waals surface area (Å²) < 4.78 is 27.6. The fourth-order valence-corrected chi connectivity index (χ4v) is 1.76. The molecule has 1 unspecified atom stereocenters. The number of aliphatic hydroxyl groups excluding tert-OH is 1. The molecule has 0 aliphatic carbocycles. The van der Waals surface area contributed by atoms with Crippen LogP contribution < -0.4 is 0 Å². The molecule has 2 aromatic rings. The Bertz CT molecular complexity index is 519. The lowest BCUT2D eigenvalue weighted by atomic mass is 10.1. The van der Waals surface area contributed by atoms with E-state index in [9.17, 15) is 13.9 Å². The van der Waals surface area contributed by atoms with Gasteiger partial charge in [0, 0.05) is 17.8 Å². The number of rotatable bonds is 4. The lowest BCUT2D eigenvalue weighted by molar-refractivity contribution is 0.173. The minimum Gasteiger partial charge on any atom is -0.388 e. The van der Waals surface area contributed by atoms with Gasteiger partial charge in [0.15, 0.2) is 0 Å². The third-order valence-electron chi connectivity index (χ3n) is 2.69. The largest absolute Gasteiger partial charge is 0.388 e. The van der Waals surface area contributed by atoms with Crippen LogP contribution >= 0.6 is 0 Å². The summed E-state index contributed by atoms with van der Waals surface area (Å²) in [4.78, 5) is 0. The average molecular weight is 252 g/mol. The van der Waals surface area contributed by atoms with E-state index in [1.54, 1.807) is 17.1 Å². The average Bonchev–Trinajstić information content (AvgIpc) is 2.75. The van der Waals surface area contributed by atoms with Crippen molar-refractivity contribution in [2.45, 2.75) is 26.0 Å². The first-order valence-electron chi connectivity index (χ1n) is 5.74. The summed E-state index contributed by atoms with van der Waals surface area (Å²) in [5, 5.41) is 13.7. The summed E-state index contributed by atoms with van der Waals surface area (Å²) in [6.07, 6.45) is 3.28. The Labute approximate surface area is 104 Å². The summed E-state index contributed by atoms with van der Waals surface area (Å²) in [5.41, 5.74) is 1.20. The van der Waals surface area contributed by atoms with Gasteiger partial charge in [0.05, 0.1) is 18.8 Å². The van der Waals surface area contributed by atoms with Gasteiger partial charge in [-0.05, 0) is 24.1 Å². The number of aromatic nitrogens is 2. The second-order valence-corrected chi connectivity index (χ2v) is 4.17. The zero-order chi connectivity index (χ0) is 13.1. The molecule has 0 saturated heterocycles. The van der Waals surface area contributed by atoms with E-state index in [1.807, 2.05) is 6.92 Å². The maximum atomic E-state index is 13.0. The van der Waals surface area contributed by atoms with E-state index >= 15 is 0 Å². The highest BCUT2D eigenvalue weighted by molar-refractivity contribution is 5.18. The Hall–Kier alpha value is -1.75. The second kappa shape index (κ2) is 5.27. The molecule has 3 nitrogen and oxygen atoms in total. The van der Waals surface area contributed by atoms with Crippen LogP contribution in [0.4, 0.5) is 8.78 Å². The number of hydrogen-bond donors (Lipinski definition) is 1. The van der Waals surface area contributed by atoms with Gasteiger partial charge in [0.25, 0.3) is 0 Å². The van der Waals surface area contributed by atoms with Gasteiger partial charge in [-0.1, -0.05) is 6.92 Å². The molecule has 1 heterocycles. The molecule has 96 valence electrons. The molecule has 0 saturated carbocycles. The van der Waals surface area contributed by atoms with Crippen LogP contribution in [-0.2, 0) is 6.54 Å². The van der Waals surface area contributed by atoms with Crippen molar-refractivity contribution >= 4 is 0 Å². The van der Waals surface area contributed by atoms with Gasteiger partial charge in [-0.3, -0.25) is 4.68 Å². The molecule has 1 atom stereocenters. The minimum atomic E-state index is -0.606. The fourth-order valence-electron chi connectivity index (χ4n) is 1.76. The Morgan fingerprint density at radius 1 is 1.28 bits per heavy atom. The fraction of sp³-hybridized carbons (Fsp3) is 0.308. The number of hydrogen-bond acceptors (Lipinski definition) is 2. The van der Waals surface area contributed by atoms with Crippen LogP contribution in [0.15, 0.2) is 30.6 Å². The SMILES string of the molecule is CCC(O)c1cnn(Cc2cc(F)cc(F)c2)c1. The molecule has 0 aliphatic rings.